The Balaban J connectivity index is 0.00000225. The molecule has 122 heavy (non-hydrogen) atoms. The van der Waals surface area contributed by atoms with E-state index in [1.807, 2.05) is 135 Å². The zero-order valence-corrected chi connectivity index (χ0v) is 66.8. The summed E-state index contributed by atoms with van der Waals surface area (Å²) in [5.41, 5.74) is 186. The van der Waals surface area contributed by atoms with Gasteiger partial charge in [0.05, 0.1) is 16.6 Å². The predicted octanol–water partition coefficient (Wildman–Crippen LogP) is 19.8. The fraction of sp³-hybridized carbons (Fsp3) is 0.116. The van der Waals surface area contributed by atoms with Crippen LogP contribution in [-0.2, 0) is 21.4 Å². The molecule has 0 aliphatic carbocycles. The number of hydrogen-bond donors (Lipinski definition) is 6. The smallest absolute Gasteiger partial charge is 0.321 e. The molecule has 0 unspecified atom stereocenters. The Bertz CT molecular complexity index is 7820. The summed E-state index contributed by atoms with van der Waals surface area (Å²) in [5, 5.41) is 11.1. The lowest BCUT2D eigenvalue weighted by molar-refractivity contribution is 0.228. The van der Waals surface area contributed by atoms with Crippen LogP contribution in [0.2, 0.25) is 0 Å². The summed E-state index contributed by atoms with van der Waals surface area (Å²) in [5.74, 6) is -0.134. The molecule has 0 aromatic heterocycles. The molecule has 10 nitrogen and oxygen atoms in total. The summed E-state index contributed by atoms with van der Waals surface area (Å²) >= 11 is 0. The number of rotatable bonds is 11. The van der Waals surface area contributed by atoms with Gasteiger partial charge in [0.25, 0.3) is 0 Å². The van der Waals surface area contributed by atoms with E-state index in [9.17, 15) is 14.4 Å². The first-order chi connectivity index (χ1) is 58.5. The van der Waals surface area contributed by atoms with Crippen LogP contribution in [0.25, 0.3) is 16.7 Å². The van der Waals surface area contributed by atoms with Gasteiger partial charge < -0.3 is 22.1 Å². The van der Waals surface area contributed by atoms with Crippen molar-refractivity contribution in [2.75, 3.05) is 0 Å². The molecule has 0 radical (unpaired) electrons. The van der Waals surface area contributed by atoms with Crippen LogP contribution in [0, 0.1) is 0 Å². The maximum atomic E-state index is 13.3. The average Bonchev–Trinajstić information content (AvgIpc) is 0.841. The van der Waals surface area contributed by atoms with E-state index in [1.54, 1.807) is 6.08 Å². The maximum absolute atomic E-state index is 13.3. The largest absolute Gasteiger partial charge is 0.379 e. The monoisotopic (exact) mass is 1550 g/mol. The molecule has 0 saturated carbocycles. The molecular formula is C112H61N7O3. The minimum Gasteiger partial charge on any atom is -0.379 e. The van der Waals surface area contributed by atoms with Crippen molar-refractivity contribution in [2.45, 2.75) is 86.4 Å². The fourth-order valence-electron chi connectivity index (χ4n) is 6.95. The van der Waals surface area contributed by atoms with Crippen LogP contribution >= 0.6 is 0 Å². The molecule has 0 heterocycles. The van der Waals surface area contributed by atoms with E-state index in [1.165, 1.54) is 0 Å². The van der Waals surface area contributed by atoms with E-state index in [0.29, 0.717) is 0 Å². The first kappa shape index (κ1) is 101. The number of benzene rings is 3. The number of hydrogen-bond acceptors (Lipinski definition) is 6. The molecule has 0 spiro atoms. The topological polar surface area (TPSA) is 164 Å². The Kier molecular flexibility index (Phi) is 54.4. The Morgan fingerprint density at radius 2 is 0.492 bits per heavy atom. The first-order valence-corrected chi connectivity index (χ1v) is 33.9. The summed E-state index contributed by atoms with van der Waals surface area (Å²) in [6.45, 7) is 35.5. The number of carbonyl (C=O) groups is 2. The molecule has 0 aliphatic heterocycles. The summed E-state index contributed by atoms with van der Waals surface area (Å²) in [7, 11) is 0. The van der Waals surface area contributed by atoms with Gasteiger partial charge in [-0.15, -0.1) is 0 Å². The highest BCUT2D eigenvalue weighted by atomic mass is 16.2. The van der Waals surface area contributed by atoms with Gasteiger partial charge in [0.1, 0.15) is 5.82 Å². The van der Waals surface area contributed by atoms with Crippen molar-refractivity contribution >= 4 is 34.9 Å². The summed E-state index contributed by atoms with van der Waals surface area (Å²) in [6.07, 6.45) is 1.61. The number of urea groups is 2. The van der Waals surface area contributed by atoms with Crippen LogP contribution in [0.15, 0.2) is 512 Å². The zero-order chi connectivity index (χ0) is 88.8. The second kappa shape index (κ2) is 65.8. The van der Waals surface area contributed by atoms with Crippen LogP contribution in [0.4, 0.5) is 9.59 Å². The van der Waals surface area contributed by atoms with Crippen LogP contribution in [-0.4, -0.2) is 18.1 Å². The molecule has 3 rings (SSSR count). The van der Waals surface area contributed by atoms with Crippen molar-refractivity contribution in [1.29, 1.82) is 0 Å². The molecular weight excluding hydrogens is 1490 g/mol. The van der Waals surface area contributed by atoms with Gasteiger partial charge in [0, 0.05) is 183 Å². The van der Waals surface area contributed by atoms with Crippen LogP contribution in [0.1, 0.15) is 103 Å². The third-order valence-electron chi connectivity index (χ3n) is 12.3. The Labute approximate surface area is 709 Å². The summed E-state index contributed by atoms with van der Waals surface area (Å²) in [6, 6.07) is 22.1. The quantitative estimate of drug-likeness (QED) is 0.0638. The van der Waals surface area contributed by atoms with Crippen molar-refractivity contribution in [2.24, 2.45) is 16.5 Å². The molecule has 10 heteroatoms. The first-order valence-electron chi connectivity index (χ1n) is 33.9. The van der Waals surface area contributed by atoms with E-state index < -0.39 is 28.7 Å². The van der Waals surface area contributed by atoms with E-state index in [2.05, 4.69) is 449 Å². The zero-order valence-electron chi connectivity index (χ0n) is 66.8. The van der Waals surface area contributed by atoms with Gasteiger partial charge in [-0.25, -0.2) is 14.4 Å². The standard InChI is InChI=1S/C62H36N4O2.C36H6N2.C13H15NO.CH4/c1-10-11-12-13-14-15-16-17-18-19-20-21-22-23-24-25-26-27-28-29-30-31-32-33-34-35-36-37-38-39-40-41-42-49-58(63-59(67)65-61(6,7)56-47-43-45-54(50-56)52(2)3)64-60(68)66-62(8,9)57-48-44-46-55(51-57)53(4)5;1-2-3-4-5-6-7-8-9-10-11-12-13-14-15-16-17-18-19-20-21-22-23-24-25-26-27-28-29-30-31-32-33-34-35-36(37)38;1-10(2)11-6-5-7-12(8-11)13(3,4)14-9-15;/h43-48,50-51H,1-2,4H2,3,5-9H3,(H2,63,65,67)(H2,64,66,68);1,37-38H2;5-8H,1H2,2-4H3;1H4. The molecule has 0 bridgehead atoms. The highest BCUT2D eigenvalue weighted by molar-refractivity contribution is 5.81. The molecule has 0 saturated heterocycles. The average molecular weight is 1550 g/mol. The Hall–Kier alpha value is -21.1. The van der Waals surface area contributed by atoms with Crippen molar-refractivity contribution in [3.8, 4) is 0 Å². The number of nitrogens with one attached hydrogen (secondary N) is 4. The van der Waals surface area contributed by atoms with Crippen LogP contribution in [0.3, 0.4) is 0 Å². The molecule has 3 aromatic carbocycles. The fourth-order valence-corrected chi connectivity index (χ4v) is 6.95. The normalized spacial score (nSPS) is 6.86. The number of allylic oxidation sites excluding steroid dienone is 3. The van der Waals surface area contributed by atoms with E-state index >= 15 is 0 Å². The Morgan fingerprint density at radius 3 is 0.689 bits per heavy atom. The van der Waals surface area contributed by atoms with Gasteiger partial charge >= 0.3 is 12.1 Å². The van der Waals surface area contributed by atoms with Crippen molar-refractivity contribution in [3.05, 3.63) is 540 Å². The third-order valence-corrected chi connectivity index (χ3v) is 12.3. The highest BCUT2D eigenvalue weighted by Crippen LogP contribution is 2.27. The minimum absolute atomic E-state index is 0. The van der Waals surface area contributed by atoms with Gasteiger partial charge in [0.2, 0.25) is 6.08 Å². The molecule has 3 aromatic rings. The number of aliphatic imine (C=N–C) groups is 1. The lowest BCUT2D eigenvalue weighted by atomic mass is 9.92. The van der Waals surface area contributed by atoms with Crippen LogP contribution in [0.5, 0.6) is 0 Å². The van der Waals surface area contributed by atoms with E-state index in [-0.39, 0.29) is 19.1 Å². The van der Waals surface area contributed by atoms with Crippen molar-refractivity contribution < 1.29 is 14.4 Å². The molecule has 4 amide bonds. The highest BCUT2D eigenvalue weighted by Gasteiger charge is 2.26. The lowest BCUT2D eigenvalue weighted by Crippen LogP contribution is -2.51. The molecule has 8 N–H and O–H groups in total. The van der Waals surface area contributed by atoms with Gasteiger partial charge in [-0.1, -0.05) is 110 Å². The van der Waals surface area contributed by atoms with Crippen molar-refractivity contribution in [1.82, 2.24) is 21.3 Å². The lowest BCUT2D eigenvalue weighted by Gasteiger charge is -2.29. The SMILES string of the molecule is C.C=C(C)c1cccc(C(C)(C)N=C=O)c1.C=C=C=C=C=C=C=C=C=C=C=C=C=C=C=C=C=C=C=C=C=C=C=C=C=C=C=C=C=C=C=C=C=C=C=C(N)N.C=C=C=C=C=C=C=C=C=C=C=C=C=C=C=C=C=C=C=C=C=C=C=C=C=C=C=C=C=C=C=C=C=C=C=C(NC(=O)NC(C)(C)c1cccc(C(=C)C)c1)NC(=O)NC(C)(C)c1cccc(C(=C)C)c1. The number of carbonyl (C=O) groups excluding carboxylic acids is 3. The van der Waals surface area contributed by atoms with Gasteiger partial charge in [-0.3, -0.25) is 10.6 Å². The van der Waals surface area contributed by atoms with Gasteiger partial charge in [0.15, 0.2) is 5.82 Å². The Morgan fingerprint density at radius 1 is 0.303 bits per heavy atom. The number of nitrogens with zero attached hydrogens (tertiary/aromatic N) is 1. The summed E-state index contributed by atoms with van der Waals surface area (Å²) < 4.78 is 0. The second-order valence-electron chi connectivity index (χ2n) is 22.7. The molecule has 0 aliphatic rings. The van der Waals surface area contributed by atoms with Crippen molar-refractivity contribution in [3.63, 3.8) is 0 Å². The maximum Gasteiger partial charge on any atom is 0.321 e. The molecule has 0 fully saturated rings. The minimum atomic E-state index is -0.806. The third kappa shape index (κ3) is 55.3. The molecule has 562 valence electrons. The predicted molar refractivity (Wildman–Crippen MR) is 466 cm³/mol. The molecule has 0 atom stereocenters. The van der Waals surface area contributed by atoms with E-state index in [0.717, 1.165) is 50.1 Å². The number of amides is 4. The summed E-state index contributed by atoms with van der Waals surface area (Å²) in [4.78, 5) is 40.7. The van der Waals surface area contributed by atoms with E-state index in [4.69, 9.17) is 11.5 Å². The van der Waals surface area contributed by atoms with Gasteiger partial charge in [-0.05, 0) is 322 Å². The number of nitrogens with two attached hydrogens (primary N) is 2. The second-order valence-corrected chi connectivity index (χ2v) is 22.7. The number of isocyanates is 1. The van der Waals surface area contributed by atoms with Crippen LogP contribution < -0.4 is 32.7 Å². The van der Waals surface area contributed by atoms with Gasteiger partial charge in [-0.2, -0.15) is 4.99 Å².